The zero-order valence-corrected chi connectivity index (χ0v) is 14.9. The van der Waals surface area contributed by atoms with E-state index in [1.54, 1.807) is 6.92 Å². The third kappa shape index (κ3) is 2.51. The van der Waals surface area contributed by atoms with Crippen LogP contribution in [-0.4, -0.2) is 19.1 Å². The van der Waals surface area contributed by atoms with Gasteiger partial charge in [0.15, 0.2) is 5.75 Å². The smallest absolute Gasteiger partial charge is 0.327 e. The molecular weight excluding hydrogens is 303 g/mol. The first-order chi connectivity index (χ1) is 11.2. The van der Waals surface area contributed by atoms with Gasteiger partial charge in [-0.25, -0.2) is 0 Å². The Kier molecular flexibility index (Phi) is 3.95. The molecule has 0 unspecified atom stereocenters. The normalized spacial score (nSPS) is 19.0. The SMILES string of the molecule is CCOc1c(-c2ccc(B3CC(C)(C)C(C)(C)O3)cc2)c(=O)c1=O. The third-order valence-corrected chi connectivity index (χ3v) is 5.49. The first-order valence-electron chi connectivity index (χ1n) is 8.42. The molecule has 3 rings (SSSR count). The standard InChI is InChI=1S/C19H23BO4/c1-6-23-17-14(15(21)16(17)22)12-7-9-13(10-8-12)20-11-18(2,3)19(4,5)24-20/h7-10H,6,11H2,1-5H3. The molecule has 0 N–H and O–H groups in total. The van der Waals surface area contributed by atoms with E-state index in [4.69, 9.17) is 9.39 Å². The van der Waals surface area contributed by atoms with Crippen LogP contribution in [0.25, 0.3) is 11.1 Å². The molecule has 0 radical (unpaired) electrons. The van der Waals surface area contributed by atoms with Crippen molar-refractivity contribution in [1.29, 1.82) is 0 Å². The average Bonchev–Trinajstić information content (AvgIpc) is 2.75. The van der Waals surface area contributed by atoms with Crippen LogP contribution < -0.4 is 21.1 Å². The molecular formula is C19H23BO4. The fourth-order valence-corrected chi connectivity index (χ4v) is 3.23. The molecule has 1 aliphatic rings. The molecule has 1 heterocycles. The summed E-state index contributed by atoms with van der Waals surface area (Å²) in [6, 6.07) is 7.69. The van der Waals surface area contributed by atoms with Crippen LogP contribution in [0, 0.1) is 5.41 Å². The number of hydrogen-bond acceptors (Lipinski definition) is 4. The highest BCUT2D eigenvalue weighted by atomic mass is 16.5. The molecule has 0 bridgehead atoms. The fourth-order valence-electron chi connectivity index (χ4n) is 3.23. The van der Waals surface area contributed by atoms with Gasteiger partial charge in [-0.2, -0.15) is 0 Å². The lowest BCUT2D eigenvalue weighted by Gasteiger charge is -2.34. The number of hydrogen-bond donors (Lipinski definition) is 0. The minimum Gasteiger partial charge on any atom is -0.489 e. The minimum absolute atomic E-state index is 0.0446. The van der Waals surface area contributed by atoms with Gasteiger partial charge in [0.25, 0.3) is 5.43 Å². The predicted octanol–water partition coefficient (Wildman–Crippen LogP) is 2.38. The van der Waals surface area contributed by atoms with Crippen LogP contribution in [-0.2, 0) is 4.65 Å². The topological polar surface area (TPSA) is 52.6 Å². The summed E-state index contributed by atoms with van der Waals surface area (Å²) in [5.41, 5.74) is 1.12. The van der Waals surface area contributed by atoms with E-state index in [2.05, 4.69) is 27.7 Å². The van der Waals surface area contributed by atoms with Crippen LogP contribution in [0.3, 0.4) is 0 Å². The third-order valence-electron chi connectivity index (χ3n) is 5.49. The van der Waals surface area contributed by atoms with Crippen LogP contribution in [0.1, 0.15) is 34.6 Å². The molecule has 0 amide bonds. The molecule has 2 aromatic carbocycles. The lowest BCUT2D eigenvalue weighted by molar-refractivity contribution is 0.0375. The van der Waals surface area contributed by atoms with Crippen LogP contribution >= 0.6 is 0 Å². The second kappa shape index (κ2) is 5.59. The van der Waals surface area contributed by atoms with E-state index in [0.29, 0.717) is 12.2 Å². The van der Waals surface area contributed by atoms with Crippen LogP contribution in [0.5, 0.6) is 5.75 Å². The van der Waals surface area contributed by atoms with Crippen LogP contribution in [0.2, 0.25) is 6.32 Å². The van der Waals surface area contributed by atoms with Gasteiger partial charge in [-0.1, -0.05) is 38.1 Å². The van der Waals surface area contributed by atoms with Gasteiger partial charge >= 0.3 is 6.92 Å². The van der Waals surface area contributed by atoms with E-state index in [-0.39, 0.29) is 23.7 Å². The Morgan fingerprint density at radius 1 is 1.08 bits per heavy atom. The monoisotopic (exact) mass is 326 g/mol. The first kappa shape index (κ1) is 17.0. The molecule has 4 nitrogen and oxygen atoms in total. The van der Waals surface area contributed by atoms with E-state index in [1.807, 2.05) is 24.3 Å². The van der Waals surface area contributed by atoms with Gasteiger partial charge in [-0.05, 0) is 43.5 Å². The van der Waals surface area contributed by atoms with Crippen LogP contribution in [0.4, 0.5) is 0 Å². The minimum atomic E-state index is -0.529. The van der Waals surface area contributed by atoms with Crippen molar-refractivity contribution in [3.05, 3.63) is 44.7 Å². The molecule has 24 heavy (non-hydrogen) atoms. The fraction of sp³-hybridized carbons (Fsp3) is 0.474. The van der Waals surface area contributed by atoms with Crippen molar-refractivity contribution in [2.45, 2.75) is 46.5 Å². The molecule has 2 aromatic rings. The van der Waals surface area contributed by atoms with E-state index in [1.165, 1.54) is 0 Å². The lowest BCUT2D eigenvalue weighted by Crippen LogP contribution is -2.36. The summed E-state index contributed by atoms with van der Waals surface area (Å²) in [5, 5.41) is 0. The Hall–Kier alpha value is -1.88. The maximum atomic E-state index is 11.8. The average molecular weight is 326 g/mol. The van der Waals surface area contributed by atoms with Gasteiger partial charge in [0, 0.05) is 0 Å². The highest BCUT2D eigenvalue weighted by Crippen LogP contribution is 2.45. The Morgan fingerprint density at radius 2 is 1.71 bits per heavy atom. The predicted molar refractivity (Wildman–Crippen MR) is 97.1 cm³/mol. The number of rotatable bonds is 4. The van der Waals surface area contributed by atoms with Crippen molar-refractivity contribution < 1.29 is 9.39 Å². The van der Waals surface area contributed by atoms with E-state index in [9.17, 15) is 9.59 Å². The summed E-state index contributed by atoms with van der Waals surface area (Å²) in [4.78, 5) is 23.4. The van der Waals surface area contributed by atoms with Gasteiger partial charge < -0.3 is 9.39 Å². The molecule has 0 aromatic heterocycles. The molecule has 0 saturated carbocycles. The van der Waals surface area contributed by atoms with Gasteiger partial charge in [0.1, 0.15) is 0 Å². The van der Waals surface area contributed by atoms with Crippen molar-refractivity contribution in [3.8, 4) is 16.9 Å². The zero-order chi connectivity index (χ0) is 17.7. The number of benzene rings is 1. The molecule has 1 fully saturated rings. The maximum absolute atomic E-state index is 11.8. The van der Waals surface area contributed by atoms with Crippen LogP contribution in [0.15, 0.2) is 33.9 Å². The quantitative estimate of drug-likeness (QED) is 0.639. The summed E-state index contributed by atoms with van der Waals surface area (Å²) >= 11 is 0. The van der Waals surface area contributed by atoms with Crippen molar-refractivity contribution >= 4 is 12.4 Å². The second-order valence-corrected chi connectivity index (χ2v) is 7.62. The lowest BCUT2D eigenvalue weighted by atomic mass is 9.54. The summed E-state index contributed by atoms with van der Waals surface area (Å²) in [6.07, 6.45) is 0.948. The van der Waals surface area contributed by atoms with Gasteiger partial charge in [-0.15, -0.1) is 0 Å². The molecule has 1 saturated heterocycles. The van der Waals surface area contributed by atoms with Gasteiger partial charge in [0.2, 0.25) is 5.43 Å². The summed E-state index contributed by atoms with van der Waals surface area (Å²) in [6.45, 7) is 10.9. The number of ether oxygens (including phenoxy) is 1. The Balaban J connectivity index is 1.87. The van der Waals surface area contributed by atoms with Crippen molar-refractivity contribution in [2.75, 3.05) is 6.61 Å². The molecule has 0 atom stereocenters. The van der Waals surface area contributed by atoms with Gasteiger partial charge in [0.05, 0.1) is 17.8 Å². The van der Waals surface area contributed by atoms with Crippen molar-refractivity contribution in [3.63, 3.8) is 0 Å². The second-order valence-electron chi connectivity index (χ2n) is 7.62. The molecule has 126 valence electrons. The van der Waals surface area contributed by atoms with Gasteiger partial charge in [-0.3, -0.25) is 9.59 Å². The summed E-state index contributed by atoms with van der Waals surface area (Å²) in [5.74, 6) is 0.189. The van der Waals surface area contributed by atoms with E-state index in [0.717, 1.165) is 17.3 Å². The Labute approximate surface area is 142 Å². The zero-order valence-electron chi connectivity index (χ0n) is 14.9. The van der Waals surface area contributed by atoms with Crippen molar-refractivity contribution in [1.82, 2.24) is 0 Å². The summed E-state index contributed by atoms with van der Waals surface area (Å²) < 4.78 is 11.5. The first-order valence-corrected chi connectivity index (χ1v) is 8.42. The van der Waals surface area contributed by atoms with Crippen molar-refractivity contribution in [2.24, 2.45) is 5.41 Å². The molecule has 0 spiro atoms. The molecule has 0 aliphatic carbocycles. The summed E-state index contributed by atoms with van der Waals surface area (Å²) in [7, 11) is 0. The highest BCUT2D eigenvalue weighted by molar-refractivity contribution is 6.68. The Morgan fingerprint density at radius 3 is 2.21 bits per heavy atom. The molecule has 5 heteroatoms. The highest BCUT2D eigenvalue weighted by Gasteiger charge is 2.49. The largest absolute Gasteiger partial charge is 0.489 e. The van der Waals surface area contributed by atoms with E-state index >= 15 is 0 Å². The van der Waals surface area contributed by atoms with E-state index < -0.39 is 10.9 Å². The molecule has 1 aliphatic heterocycles. The Bertz CT molecular complexity index is 810. The maximum Gasteiger partial charge on any atom is 0.327 e.